The van der Waals surface area contributed by atoms with E-state index in [2.05, 4.69) is 5.10 Å². The Balaban J connectivity index is 1.60. The molecule has 2 atom stereocenters. The summed E-state index contributed by atoms with van der Waals surface area (Å²) in [6, 6.07) is 9.60. The molecule has 3 rings (SSSR count). The molecular formula is C17H21N3O3. The van der Waals surface area contributed by atoms with Crippen molar-refractivity contribution in [2.24, 2.45) is 7.05 Å². The lowest BCUT2D eigenvalue weighted by molar-refractivity contribution is 0.0424. The van der Waals surface area contributed by atoms with E-state index in [4.69, 9.17) is 4.74 Å². The van der Waals surface area contributed by atoms with Gasteiger partial charge in [-0.05, 0) is 17.5 Å². The van der Waals surface area contributed by atoms with E-state index in [9.17, 15) is 9.90 Å². The summed E-state index contributed by atoms with van der Waals surface area (Å²) in [5.74, 6) is -0.123. The highest BCUT2D eigenvalue weighted by molar-refractivity contribution is 5.68. The maximum Gasteiger partial charge on any atom is 0.410 e. The van der Waals surface area contributed by atoms with Crippen LogP contribution in [0, 0.1) is 0 Å². The van der Waals surface area contributed by atoms with Crippen LogP contribution in [0.1, 0.15) is 23.5 Å². The molecule has 1 aromatic carbocycles. The number of amides is 1. The van der Waals surface area contributed by atoms with Gasteiger partial charge in [-0.2, -0.15) is 5.10 Å². The first-order valence-electron chi connectivity index (χ1n) is 7.75. The second-order valence-corrected chi connectivity index (χ2v) is 5.90. The second kappa shape index (κ2) is 6.83. The first-order valence-corrected chi connectivity index (χ1v) is 7.75. The van der Waals surface area contributed by atoms with Crippen LogP contribution in [0.2, 0.25) is 0 Å². The molecule has 1 saturated heterocycles. The lowest BCUT2D eigenvalue weighted by Gasteiger charge is -2.35. The molecule has 2 heterocycles. The third kappa shape index (κ3) is 3.71. The van der Waals surface area contributed by atoms with Crippen molar-refractivity contribution in [3.8, 4) is 0 Å². The lowest BCUT2D eigenvalue weighted by Crippen LogP contribution is -2.45. The van der Waals surface area contributed by atoms with E-state index in [0.717, 1.165) is 11.1 Å². The first-order chi connectivity index (χ1) is 11.1. The number of hydrogen-bond donors (Lipinski definition) is 1. The zero-order chi connectivity index (χ0) is 16.2. The van der Waals surface area contributed by atoms with Gasteiger partial charge in [-0.15, -0.1) is 0 Å². The van der Waals surface area contributed by atoms with Crippen LogP contribution in [0.15, 0.2) is 42.7 Å². The van der Waals surface area contributed by atoms with Crippen LogP contribution < -0.4 is 0 Å². The molecule has 1 amide bonds. The van der Waals surface area contributed by atoms with E-state index in [1.165, 1.54) is 0 Å². The smallest absolute Gasteiger partial charge is 0.410 e. The predicted molar refractivity (Wildman–Crippen MR) is 84.8 cm³/mol. The Bertz CT molecular complexity index is 656. The topological polar surface area (TPSA) is 67.6 Å². The maximum absolute atomic E-state index is 12.3. The van der Waals surface area contributed by atoms with Gasteiger partial charge in [-0.1, -0.05) is 30.3 Å². The first kappa shape index (κ1) is 15.6. The molecule has 6 nitrogen and oxygen atoms in total. The summed E-state index contributed by atoms with van der Waals surface area (Å²) >= 11 is 0. The highest BCUT2D eigenvalue weighted by Gasteiger charge is 2.32. The molecule has 122 valence electrons. The predicted octanol–water partition coefficient (Wildman–Crippen LogP) is 1.91. The van der Waals surface area contributed by atoms with E-state index in [-0.39, 0.29) is 18.6 Å². The van der Waals surface area contributed by atoms with E-state index < -0.39 is 6.10 Å². The van der Waals surface area contributed by atoms with Crippen LogP contribution in [-0.2, 0) is 18.4 Å². The van der Waals surface area contributed by atoms with Gasteiger partial charge in [0.2, 0.25) is 0 Å². The Kier molecular flexibility index (Phi) is 4.62. The summed E-state index contributed by atoms with van der Waals surface area (Å²) in [5.41, 5.74) is 1.90. The van der Waals surface area contributed by atoms with Gasteiger partial charge in [0.15, 0.2) is 0 Å². The SMILES string of the molecule is Cn1cc([C@@H]2CN(C(=O)OCc3ccccc3)CC[C@@H]2O)cn1. The number of aryl methyl sites for hydroxylation is 1. The Labute approximate surface area is 135 Å². The highest BCUT2D eigenvalue weighted by Crippen LogP contribution is 2.27. The molecule has 1 aromatic heterocycles. The molecule has 6 heteroatoms. The highest BCUT2D eigenvalue weighted by atomic mass is 16.6. The molecule has 0 radical (unpaired) electrons. The van der Waals surface area contributed by atoms with Crippen molar-refractivity contribution in [2.45, 2.75) is 25.0 Å². The molecule has 1 aliphatic rings. The standard InChI is InChI=1S/C17H21N3O3/c1-19-10-14(9-18-19)15-11-20(8-7-16(15)21)17(22)23-12-13-5-3-2-4-6-13/h2-6,9-10,15-16,21H,7-8,11-12H2,1H3/t15-,16-/m0/s1. The van der Waals surface area contributed by atoms with Crippen molar-refractivity contribution < 1.29 is 14.6 Å². The number of likely N-dealkylation sites (tertiary alicyclic amines) is 1. The van der Waals surface area contributed by atoms with Crippen molar-refractivity contribution >= 4 is 6.09 Å². The fourth-order valence-corrected chi connectivity index (χ4v) is 2.88. The van der Waals surface area contributed by atoms with Crippen LogP contribution in [-0.4, -0.2) is 45.1 Å². The number of aliphatic hydroxyl groups excluding tert-OH is 1. The van der Waals surface area contributed by atoms with E-state index in [1.807, 2.05) is 43.6 Å². The summed E-state index contributed by atoms with van der Waals surface area (Å²) in [6.45, 7) is 1.21. The van der Waals surface area contributed by atoms with Crippen molar-refractivity contribution in [1.82, 2.24) is 14.7 Å². The monoisotopic (exact) mass is 315 g/mol. The number of nitrogens with zero attached hydrogens (tertiary/aromatic N) is 3. The Morgan fingerprint density at radius 2 is 2.17 bits per heavy atom. The van der Waals surface area contributed by atoms with Crippen LogP contribution in [0.4, 0.5) is 4.79 Å². The molecule has 0 unspecified atom stereocenters. The van der Waals surface area contributed by atoms with E-state index in [1.54, 1.807) is 15.8 Å². The average molecular weight is 315 g/mol. The lowest BCUT2D eigenvalue weighted by atomic mass is 9.90. The zero-order valence-electron chi connectivity index (χ0n) is 13.1. The van der Waals surface area contributed by atoms with E-state index >= 15 is 0 Å². The van der Waals surface area contributed by atoms with Gasteiger partial charge in [0, 0.05) is 32.3 Å². The van der Waals surface area contributed by atoms with E-state index in [0.29, 0.717) is 19.5 Å². The Morgan fingerprint density at radius 1 is 1.39 bits per heavy atom. The Morgan fingerprint density at radius 3 is 2.87 bits per heavy atom. The van der Waals surface area contributed by atoms with Gasteiger partial charge in [0.25, 0.3) is 0 Å². The normalized spacial score (nSPS) is 21.2. The van der Waals surface area contributed by atoms with Crippen LogP contribution >= 0.6 is 0 Å². The quantitative estimate of drug-likeness (QED) is 0.939. The fourth-order valence-electron chi connectivity index (χ4n) is 2.88. The molecule has 0 aliphatic carbocycles. The van der Waals surface area contributed by atoms with Crippen LogP contribution in [0.3, 0.4) is 0 Å². The number of benzene rings is 1. The molecular weight excluding hydrogens is 294 g/mol. The average Bonchev–Trinajstić information content (AvgIpc) is 3.00. The molecule has 0 bridgehead atoms. The summed E-state index contributed by atoms with van der Waals surface area (Å²) in [5, 5.41) is 14.4. The number of aromatic nitrogens is 2. The molecule has 1 aliphatic heterocycles. The number of carbonyl (C=O) groups excluding carboxylic acids is 1. The van der Waals surface area contributed by atoms with Gasteiger partial charge in [0.1, 0.15) is 6.61 Å². The number of hydrogen-bond acceptors (Lipinski definition) is 4. The van der Waals surface area contributed by atoms with Crippen LogP contribution in [0.5, 0.6) is 0 Å². The molecule has 0 spiro atoms. The maximum atomic E-state index is 12.3. The third-order valence-electron chi connectivity index (χ3n) is 4.19. The molecule has 0 saturated carbocycles. The van der Waals surface area contributed by atoms with Crippen molar-refractivity contribution in [3.63, 3.8) is 0 Å². The van der Waals surface area contributed by atoms with Gasteiger partial charge in [-0.25, -0.2) is 4.79 Å². The largest absolute Gasteiger partial charge is 0.445 e. The summed E-state index contributed by atoms with van der Waals surface area (Å²) in [7, 11) is 1.84. The zero-order valence-corrected chi connectivity index (χ0v) is 13.1. The van der Waals surface area contributed by atoms with Gasteiger partial charge < -0.3 is 14.7 Å². The summed E-state index contributed by atoms with van der Waals surface area (Å²) in [4.78, 5) is 13.9. The number of carbonyl (C=O) groups is 1. The number of rotatable bonds is 3. The summed E-state index contributed by atoms with van der Waals surface area (Å²) < 4.78 is 7.08. The third-order valence-corrected chi connectivity index (χ3v) is 4.19. The minimum absolute atomic E-state index is 0.123. The molecule has 2 aromatic rings. The van der Waals surface area contributed by atoms with Gasteiger partial charge in [-0.3, -0.25) is 4.68 Å². The molecule has 1 fully saturated rings. The minimum Gasteiger partial charge on any atom is -0.445 e. The minimum atomic E-state index is -0.461. The van der Waals surface area contributed by atoms with Crippen molar-refractivity contribution in [2.75, 3.05) is 13.1 Å². The molecule has 1 N–H and O–H groups in total. The fraction of sp³-hybridized carbons (Fsp3) is 0.412. The molecule has 23 heavy (non-hydrogen) atoms. The van der Waals surface area contributed by atoms with Gasteiger partial charge >= 0.3 is 6.09 Å². The van der Waals surface area contributed by atoms with Crippen molar-refractivity contribution in [1.29, 1.82) is 0 Å². The second-order valence-electron chi connectivity index (χ2n) is 5.90. The number of ether oxygens (including phenoxy) is 1. The number of aliphatic hydroxyl groups is 1. The van der Waals surface area contributed by atoms with Gasteiger partial charge in [0.05, 0.1) is 12.3 Å². The Hall–Kier alpha value is -2.34. The van der Waals surface area contributed by atoms with Crippen LogP contribution in [0.25, 0.3) is 0 Å². The summed E-state index contributed by atoms with van der Waals surface area (Å²) in [6.07, 6.45) is 3.37. The number of piperidine rings is 1. The van der Waals surface area contributed by atoms with Crippen molar-refractivity contribution in [3.05, 3.63) is 53.9 Å².